The van der Waals surface area contributed by atoms with Crippen LogP contribution in [0.5, 0.6) is 11.5 Å². The maximum atomic E-state index is 11.6. The van der Waals surface area contributed by atoms with Gasteiger partial charge in [0.15, 0.2) is 0 Å². The molecule has 0 atom stereocenters. The molecule has 0 saturated heterocycles. The molecule has 1 N–H and O–H groups in total. The van der Waals surface area contributed by atoms with Gasteiger partial charge in [-0.1, -0.05) is 6.92 Å². The molecule has 1 aromatic rings. The Hall–Kier alpha value is -1.71. The minimum atomic E-state index is -0.00148. The molecule has 1 rings (SSSR count). The molecule has 1 amide bonds. The van der Waals surface area contributed by atoms with E-state index in [1.807, 2.05) is 19.1 Å². The van der Waals surface area contributed by atoms with Gasteiger partial charge in [-0.15, -0.1) is 0 Å². The maximum absolute atomic E-state index is 11.6. The van der Waals surface area contributed by atoms with Crippen LogP contribution < -0.4 is 14.8 Å². The first-order chi connectivity index (χ1) is 8.21. The second kappa shape index (κ2) is 6.78. The molecule has 0 heterocycles. The number of carbonyl (C=O) groups is 1. The van der Waals surface area contributed by atoms with E-state index in [0.29, 0.717) is 18.7 Å². The van der Waals surface area contributed by atoms with Gasteiger partial charge in [0.05, 0.1) is 20.6 Å². The lowest BCUT2D eigenvalue weighted by atomic mass is 10.1. The van der Waals surface area contributed by atoms with Crippen molar-refractivity contribution in [3.05, 3.63) is 23.8 Å². The summed E-state index contributed by atoms with van der Waals surface area (Å²) in [7, 11) is 3.19. The second-order valence-electron chi connectivity index (χ2n) is 3.70. The molecule has 0 fully saturated rings. The van der Waals surface area contributed by atoms with Crippen molar-refractivity contribution in [3.63, 3.8) is 0 Å². The van der Waals surface area contributed by atoms with Gasteiger partial charge in [-0.3, -0.25) is 4.79 Å². The number of amides is 1. The Balaban J connectivity index is 2.76. The van der Waals surface area contributed by atoms with E-state index in [0.717, 1.165) is 17.7 Å². The normalized spacial score (nSPS) is 9.82. The van der Waals surface area contributed by atoms with Crippen LogP contribution in [0.3, 0.4) is 0 Å². The average molecular weight is 237 g/mol. The molecule has 0 aliphatic heterocycles. The highest BCUT2D eigenvalue weighted by atomic mass is 16.5. The lowest BCUT2D eigenvalue weighted by molar-refractivity contribution is -0.120. The van der Waals surface area contributed by atoms with Gasteiger partial charge in [0.1, 0.15) is 11.5 Å². The van der Waals surface area contributed by atoms with Gasteiger partial charge >= 0.3 is 0 Å². The maximum Gasteiger partial charge on any atom is 0.224 e. The Kier molecular flexibility index (Phi) is 5.33. The topological polar surface area (TPSA) is 47.6 Å². The number of ether oxygens (including phenoxy) is 2. The van der Waals surface area contributed by atoms with E-state index >= 15 is 0 Å². The Bertz CT molecular complexity index is 377. The fourth-order valence-electron chi connectivity index (χ4n) is 1.52. The van der Waals surface area contributed by atoms with Crippen LogP contribution in [0.1, 0.15) is 18.9 Å². The molecule has 94 valence electrons. The van der Waals surface area contributed by atoms with Gasteiger partial charge < -0.3 is 14.8 Å². The van der Waals surface area contributed by atoms with E-state index in [1.165, 1.54) is 0 Å². The van der Waals surface area contributed by atoms with Gasteiger partial charge in [-0.25, -0.2) is 0 Å². The van der Waals surface area contributed by atoms with Crippen LogP contribution >= 0.6 is 0 Å². The van der Waals surface area contributed by atoms with E-state index in [-0.39, 0.29) is 5.91 Å². The van der Waals surface area contributed by atoms with Gasteiger partial charge in [-0.2, -0.15) is 0 Å². The average Bonchev–Trinajstić information content (AvgIpc) is 2.36. The molecule has 4 heteroatoms. The van der Waals surface area contributed by atoms with Gasteiger partial charge in [-0.05, 0) is 24.6 Å². The van der Waals surface area contributed by atoms with Crippen molar-refractivity contribution >= 4 is 5.91 Å². The van der Waals surface area contributed by atoms with E-state index in [2.05, 4.69) is 5.32 Å². The van der Waals surface area contributed by atoms with Crippen LogP contribution in [-0.2, 0) is 11.2 Å². The Morgan fingerprint density at radius 2 is 2.06 bits per heavy atom. The van der Waals surface area contributed by atoms with Crippen molar-refractivity contribution in [2.75, 3.05) is 20.8 Å². The Labute approximate surface area is 102 Å². The molecule has 0 radical (unpaired) electrons. The van der Waals surface area contributed by atoms with Gasteiger partial charge in [0.2, 0.25) is 5.91 Å². The minimum absolute atomic E-state index is 0.00148. The van der Waals surface area contributed by atoms with Crippen molar-refractivity contribution in [2.24, 2.45) is 0 Å². The van der Waals surface area contributed by atoms with E-state index in [1.54, 1.807) is 20.3 Å². The quantitative estimate of drug-likeness (QED) is 0.820. The summed E-state index contributed by atoms with van der Waals surface area (Å²) in [6.45, 7) is 2.72. The van der Waals surface area contributed by atoms with Crippen LogP contribution in [0.4, 0.5) is 0 Å². The zero-order valence-corrected chi connectivity index (χ0v) is 10.6. The highest BCUT2D eigenvalue weighted by Crippen LogP contribution is 2.24. The summed E-state index contributed by atoms with van der Waals surface area (Å²) in [5, 5.41) is 2.83. The summed E-state index contributed by atoms with van der Waals surface area (Å²) in [6, 6.07) is 5.44. The molecule has 0 aliphatic rings. The summed E-state index contributed by atoms with van der Waals surface area (Å²) >= 11 is 0. The first kappa shape index (κ1) is 13.4. The van der Waals surface area contributed by atoms with Crippen molar-refractivity contribution < 1.29 is 14.3 Å². The summed E-state index contributed by atoms with van der Waals surface area (Å²) in [6.07, 6.45) is 1.24. The predicted octanol–water partition coefficient (Wildman–Crippen LogP) is 1.77. The summed E-state index contributed by atoms with van der Waals surface area (Å²) in [5.41, 5.74) is 0.834. The molecule has 4 nitrogen and oxygen atoms in total. The molecule has 0 saturated carbocycles. The lowest BCUT2D eigenvalue weighted by Gasteiger charge is -2.10. The van der Waals surface area contributed by atoms with Crippen LogP contribution in [-0.4, -0.2) is 26.7 Å². The van der Waals surface area contributed by atoms with Crippen LogP contribution in [0.25, 0.3) is 0 Å². The van der Waals surface area contributed by atoms with Gasteiger partial charge in [0.25, 0.3) is 0 Å². The van der Waals surface area contributed by atoms with E-state index < -0.39 is 0 Å². The molecular formula is C13H19NO3. The van der Waals surface area contributed by atoms with Crippen molar-refractivity contribution in [2.45, 2.75) is 19.8 Å². The van der Waals surface area contributed by atoms with Crippen molar-refractivity contribution in [1.82, 2.24) is 5.32 Å². The molecule has 0 aromatic heterocycles. The second-order valence-corrected chi connectivity index (χ2v) is 3.70. The molecule has 0 spiro atoms. The van der Waals surface area contributed by atoms with E-state index in [4.69, 9.17) is 9.47 Å². The minimum Gasteiger partial charge on any atom is -0.497 e. The predicted molar refractivity (Wildman–Crippen MR) is 66.6 cm³/mol. The third kappa shape index (κ3) is 3.98. The summed E-state index contributed by atoms with van der Waals surface area (Å²) < 4.78 is 10.3. The summed E-state index contributed by atoms with van der Waals surface area (Å²) in [5.74, 6) is 1.43. The molecular weight excluding hydrogens is 218 g/mol. The Morgan fingerprint density at radius 1 is 1.29 bits per heavy atom. The highest BCUT2D eigenvalue weighted by Gasteiger charge is 2.09. The first-order valence-corrected chi connectivity index (χ1v) is 5.68. The Morgan fingerprint density at radius 3 is 2.65 bits per heavy atom. The van der Waals surface area contributed by atoms with Crippen molar-refractivity contribution in [1.29, 1.82) is 0 Å². The molecule has 0 aliphatic carbocycles. The summed E-state index contributed by atoms with van der Waals surface area (Å²) in [4.78, 5) is 11.6. The number of rotatable bonds is 6. The molecule has 1 aromatic carbocycles. The number of hydrogen-bond acceptors (Lipinski definition) is 3. The van der Waals surface area contributed by atoms with Gasteiger partial charge in [0, 0.05) is 12.1 Å². The van der Waals surface area contributed by atoms with Crippen LogP contribution in [0, 0.1) is 0 Å². The smallest absolute Gasteiger partial charge is 0.224 e. The lowest BCUT2D eigenvalue weighted by Crippen LogP contribution is -2.25. The number of carbonyl (C=O) groups excluding carboxylic acids is 1. The van der Waals surface area contributed by atoms with Crippen LogP contribution in [0.15, 0.2) is 18.2 Å². The van der Waals surface area contributed by atoms with Crippen molar-refractivity contribution in [3.8, 4) is 11.5 Å². The number of benzene rings is 1. The largest absolute Gasteiger partial charge is 0.497 e. The third-order valence-electron chi connectivity index (χ3n) is 2.41. The highest BCUT2D eigenvalue weighted by molar-refractivity contribution is 5.79. The van der Waals surface area contributed by atoms with Crippen LogP contribution in [0.2, 0.25) is 0 Å². The number of hydrogen-bond donors (Lipinski definition) is 1. The number of methoxy groups -OCH3 is 2. The molecule has 0 unspecified atom stereocenters. The third-order valence-corrected chi connectivity index (χ3v) is 2.41. The molecule has 17 heavy (non-hydrogen) atoms. The SMILES string of the molecule is CCCNC(=O)Cc1cc(OC)ccc1OC. The van der Waals surface area contributed by atoms with E-state index in [9.17, 15) is 4.79 Å². The monoisotopic (exact) mass is 237 g/mol. The number of nitrogens with one attached hydrogen (secondary N) is 1. The zero-order chi connectivity index (χ0) is 12.7. The fourth-order valence-corrected chi connectivity index (χ4v) is 1.52. The molecule has 0 bridgehead atoms. The standard InChI is InChI=1S/C13H19NO3/c1-4-7-14-13(15)9-10-8-11(16-2)5-6-12(10)17-3/h5-6,8H,4,7,9H2,1-3H3,(H,14,15). The first-order valence-electron chi connectivity index (χ1n) is 5.68. The zero-order valence-electron chi connectivity index (χ0n) is 10.6. The fraction of sp³-hybridized carbons (Fsp3) is 0.462.